The maximum atomic E-state index is 13.2. The van der Waals surface area contributed by atoms with E-state index < -0.39 is 17.7 Å². The third-order valence-corrected chi connectivity index (χ3v) is 6.40. The number of fused-ring (bicyclic) bond motifs is 1. The van der Waals surface area contributed by atoms with Crippen LogP contribution in [-0.2, 0) is 14.4 Å². The second kappa shape index (κ2) is 10.4. The minimum absolute atomic E-state index is 0.0440. The molecule has 0 aromatic carbocycles. The van der Waals surface area contributed by atoms with Crippen LogP contribution in [0.5, 0.6) is 0 Å². The summed E-state index contributed by atoms with van der Waals surface area (Å²) in [5, 5.41) is 13.6. The molecule has 0 aromatic heterocycles. The van der Waals surface area contributed by atoms with Crippen LogP contribution in [-0.4, -0.2) is 70.4 Å². The van der Waals surface area contributed by atoms with Gasteiger partial charge in [-0.1, -0.05) is 20.3 Å². The number of hydrogen-bond donors (Lipinski definition) is 2. The Bertz CT molecular complexity index is 593. The van der Waals surface area contributed by atoms with Crippen molar-refractivity contribution >= 4 is 17.7 Å². The molecule has 2 heterocycles. The molecule has 166 valence electrons. The number of nitrogens with zero attached hydrogens (tertiary/aromatic N) is 2. The Balaban J connectivity index is 2.23. The molecule has 2 saturated heterocycles. The van der Waals surface area contributed by atoms with Crippen molar-refractivity contribution in [2.24, 2.45) is 5.92 Å². The summed E-state index contributed by atoms with van der Waals surface area (Å²) >= 11 is 0. The fourth-order valence-corrected chi connectivity index (χ4v) is 4.45. The average Bonchev–Trinajstić information content (AvgIpc) is 3.14. The van der Waals surface area contributed by atoms with Crippen molar-refractivity contribution in [3.63, 3.8) is 0 Å². The van der Waals surface area contributed by atoms with Gasteiger partial charge in [-0.15, -0.1) is 0 Å². The Labute approximate surface area is 175 Å². The van der Waals surface area contributed by atoms with Gasteiger partial charge in [0, 0.05) is 26.1 Å². The van der Waals surface area contributed by atoms with Gasteiger partial charge in [0.05, 0.1) is 5.60 Å². The zero-order valence-corrected chi connectivity index (χ0v) is 18.6. The Kier molecular flexibility index (Phi) is 8.49. The van der Waals surface area contributed by atoms with Crippen LogP contribution in [0.2, 0.25) is 0 Å². The van der Waals surface area contributed by atoms with Crippen molar-refractivity contribution in [2.45, 2.75) is 96.2 Å². The molecule has 2 N–H and O–H groups in total. The highest BCUT2D eigenvalue weighted by molar-refractivity contribution is 5.92. The van der Waals surface area contributed by atoms with Gasteiger partial charge in [0.2, 0.25) is 17.7 Å². The van der Waals surface area contributed by atoms with Crippen molar-refractivity contribution in [3.8, 4) is 0 Å². The van der Waals surface area contributed by atoms with Gasteiger partial charge in [-0.25, -0.2) is 0 Å². The van der Waals surface area contributed by atoms with Gasteiger partial charge in [0.25, 0.3) is 0 Å². The second-order valence-corrected chi connectivity index (χ2v) is 9.19. The van der Waals surface area contributed by atoms with Gasteiger partial charge in [0.1, 0.15) is 12.1 Å². The van der Waals surface area contributed by atoms with Crippen LogP contribution in [0.15, 0.2) is 0 Å². The van der Waals surface area contributed by atoms with Gasteiger partial charge >= 0.3 is 0 Å². The van der Waals surface area contributed by atoms with Crippen LogP contribution in [0.25, 0.3) is 0 Å². The molecule has 0 bridgehead atoms. The molecule has 0 saturated carbocycles. The lowest BCUT2D eigenvalue weighted by Crippen LogP contribution is -2.54. The number of carbonyl (C=O) groups excluding carboxylic acids is 3. The summed E-state index contributed by atoms with van der Waals surface area (Å²) in [5.74, 6) is -0.514. The molecule has 2 rings (SSSR count). The number of aliphatic hydroxyl groups is 1. The highest BCUT2D eigenvalue weighted by Crippen LogP contribution is 2.24. The largest absolute Gasteiger partial charge is 0.390 e. The first kappa shape index (κ1) is 23.6. The van der Waals surface area contributed by atoms with Crippen molar-refractivity contribution in [1.29, 1.82) is 0 Å². The molecular weight excluding hydrogens is 370 g/mol. The fourth-order valence-electron chi connectivity index (χ4n) is 4.45. The van der Waals surface area contributed by atoms with E-state index in [0.29, 0.717) is 51.6 Å². The molecule has 3 amide bonds. The summed E-state index contributed by atoms with van der Waals surface area (Å²) in [6, 6.07) is -1.03. The molecule has 0 radical (unpaired) electrons. The molecule has 1 unspecified atom stereocenters. The summed E-state index contributed by atoms with van der Waals surface area (Å²) in [6.45, 7) is 6.82. The van der Waals surface area contributed by atoms with E-state index in [0.717, 1.165) is 19.3 Å². The number of hydrogen-bond acceptors (Lipinski definition) is 4. The first-order valence-corrected chi connectivity index (χ1v) is 11.2. The lowest BCUT2D eigenvalue weighted by molar-refractivity contribution is -0.145. The summed E-state index contributed by atoms with van der Waals surface area (Å²) in [7, 11) is 1.77. The number of nitrogens with one attached hydrogen (secondary N) is 1. The topological polar surface area (TPSA) is 89.9 Å². The van der Waals surface area contributed by atoms with E-state index in [-0.39, 0.29) is 23.6 Å². The Morgan fingerprint density at radius 1 is 1.07 bits per heavy atom. The molecule has 0 spiro atoms. The molecule has 7 nitrogen and oxygen atoms in total. The third kappa shape index (κ3) is 6.43. The number of likely N-dealkylation sites (N-methyl/N-ethyl adjacent to an activating group) is 1. The van der Waals surface area contributed by atoms with E-state index in [9.17, 15) is 19.5 Å². The summed E-state index contributed by atoms with van der Waals surface area (Å²) in [4.78, 5) is 42.2. The monoisotopic (exact) mass is 409 g/mol. The fraction of sp³-hybridized carbons (Fsp3) is 0.864. The second-order valence-electron chi connectivity index (χ2n) is 9.19. The third-order valence-electron chi connectivity index (χ3n) is 6.40. The van der Waals surface area contributed by atoms with E-state index >= 15 is 0 Å². The van der Waals surface area contributed by atoms with E-state index in [1.165, 1.54) is 0 Å². The van der Waals surface area contributed by atoms with Gasteiger partial charge in [-0.05, 0) is 58.3 Å². The first-order valence-electron chi connectivity index (χ1n) is 11.2. The molecule has 0 aromatic rings. The predicted molar refractivity (Wildman–Crippen MR) is 112 cm³/mol. The quantitative estimate of drug-likeness (QED) is 0.731. The standard InChI is InChI=1S/C22H39N3O4/c1-5-9-17-20(27)25-15-7-11-18(25)21(28)24(4)14-8-13-22(3,29)12-6-10-16(2)19(26)23-17/h16-18,29H,5-15H2,1-4H3,(H,23,26)/t16?,17-,18+,22+/m1/s1. The Morgan fingerprint density at radius 3 is 2.45 bits per heavy atom. The summed E-state index contributed by atoms with van der Waals surface area (Å²) < 4.78 is 0. The van der Waals surface area contributed by atoms with Crippen LogP contribution in [0, 0.1) is 5.92 Å². The van der Waals surface area contributed by atoms with E-state index in [2.05, 4.69) is 5.32 Å². The first-order chi connectivity index (χ1) is 13.7. The van der Waals surface area contributed by atoms with Crippen LogP contribution < -0.4 is 5.32 Å². The highest BCUT2D eigenvalue weighted by atomic mass is 16.3. The SMILES string of the molecule is CCC[C@H]1NC(=O)C(C)CCC[C@](C)(O)CCCN(C)C(=O)[C@@H]2CCCN2C1=O. The van der Waals surface area contributed by atoms with E-state index in [4.69, 9.17) is 0 Å². The molecule has 4 atom stereocenters. The van der Waals surface area contributed by atoms with Crippen LogP contribution in [0.4, 0.5) is 0 Å². The van der Waals surface area contributed by atoms with Gasteiger partial charge in [0.15, 0.2) is 0 Å². The Hall–Kier alpha value is -1.63. The van der Waals surface area contributed by atoms with Crippen LogP contribution in [0.1, 0.15) is 78.6 Å². The maximum absolute atomic E-state index is 13.2. The number of carbonyl (C=O) groups is 3. The normalized spacial score (nSPS) is 33.6. The zero-order valence-electron chi connectivity index (χ0n) is 18.6. The lowest BCUT2D eigenvalue weighted by atomic mass is 9.91. The lowest BCUT2D eigenvalue weighted by Gasteiger charge is -2.32. The molecule has 0 aliphatic carbocycles. The number of rotatable bonds is 2. The van der Waals surface area contributed by atoms with Gasteiger partial charge in [-0.3, -0.25) is 14.4 Å². The van der Waals surface area contributed by atoms with Gasteiger partial charge < -0.3 is 20.2 Å². The summed E-state index contributed by atoms with van der Waals surface area (Å²) in [6.07, 6.45) is 6.18. The highest BCUT2D eigenvalue weighted by Gasteiger charge is 2.39. The van der Waals surface area contributed by atoms with E-state index in [1.807, 2.05) is 20.8 Å². The van der Waals surface area contributed by atoms with Gasteiger partial charge in [-0.2, -0.15) is 0 Å². The summed E-state index contributed by atoms with van der Waals surface area (Å²) in [5.41, 5.74) is -0.794. The van der Waals surface area contributed by atoms with Crippen LogP contribution >= 0.6 is 0 Å². The molecule has 29 heavy (non-hydrogen) atoms. The van der Waals surface area contributed by atoms with Crippen LogP contribution in [0.3, 0.4) is 0 Å². The molecule has 2 fully saturated rings. The maximum Gasteiger partial charge on any atom is 0.245 e. The minimum Gasteiger partial charge on any atom is -0.390 e. The molecule has 2 aliphatic rings. The van der Waals surface area contributed by atoms with Crippen molar-refractivity contribution in [1.82, 2.24) is 15.1 Å². The average molecular weight is 410 g/mol. The smallest absolute Gasteiger partial charge is 0.245 e. The van der Waals surface area contributed by atoms with E-state index in [1.54, 1.807) is 16.8 Å². The predicted octanol–water partition coefficient (Wildman–Crippen LogP) is 2.07. The molecule has 2 aliphatic heterocycles. The van der Waals surface area contributed by atoms with Crippen molar-refractivity contribution < 1.29 is 19.5 Å². The molecule has 7 heteroatoms. The zero-order chi connectivity index (χ0) is 21.6. The molecular formula is C22H39N3O4. The van der Waals surface area contributed by atoms with Crippen molar-refractivity contribution in [3.05, 3.63) is 0 Å². The minimum atomic E-state index is -0.794. The van der Waals surface area contributed by atoms with Crippen molar-refractivity contribution in [2.75, 3.05) is 20.1 Å². The number of amides is 3. The Morgan fingerprint density at radius 2 is 1.76 bits per heavy atom.